The molecule has 0 aromatic carbocycles. The molecule has 1 saturated heterocycles. The molecule has 2 rings (SSSR count). The lowest BCUT2D eigenvalue weighted by Gasteiger charge is -2.31. The zero-order valence-corrected chi connectivity index (χ0v) is 13.4. The van der Waals surface area contributed by atoms with Crippen LogP contribution in [0.25, 0.3) is 0 Å². The van der Waals surface area contributed by atoms with Crippen LogP contribution >= 0.6 is 27.7 Å². The molecule has 2 heterocycles. The van der Waals surface area contributed by atoms with Crippen LogP contribution in [-0.2, 0) is 0 Å². The van der Waals surface area contributed by atoms with Crippen molar-refractivity contribution >= 4 is 33.6 Å². The van der Waals surface area contributed by atoms with Gasteiger partial charge in [-0.2, -0.15) is 11.8 Å². The van der Waals surface area contributed by atoms with Crippen LogP contribution in [0.5, 0.6) is 0 Å². The summed E-state index contributed by atoms with van der Waals surface area (Å²) in [6, 6.07) is 2.22. The maximum absolute atomic E-state index is 12.6. The molecule has 5 heteroatoms. The summed E-state index contributed by atoms with van der Waals surface area (Å²) >= 11 is 5.40. The number of aromatic nitrogens is 1. The highest BCUT2D eigenvalue weighted by Crippen LogP contribution is 2.23. The van der Waals surface area contributed by atoms with Gasteiger partial charge >= 0.3 is 0 Å². The van der Waals surface area contributed by atoms with Crippen LogP contribution < -0.4 is 0 Å². The van der Waals surface area contributed by atoms with Crippen LogP contribution in [0.4, 0.5) is 0 Å². The minimum absolute atomic E-state index is 0.154. The molecule has 1 unspecified atom stereocenters. The third-order valence-corrected chi connectivity index (χ3v) is 4.69. The molecule has 1 aliphatic heterocycles. The van der Waals surface area contributed by atoms with Crippen LogP contribution in [0.2, 0.25) is 0 Å². The first-order valence-electron chi connectivity index (χ1n) is 6.27. The van der Waals surface area contributed by atoms with Gasteiger partial charge in [0.25, 0.3) is 5.91 Å². The fourth-order valence-electron chi connectivity index (χ4n) is 2.21. The second kappa shape index (κ2) is 5.70. The van der Waals surface area contributed by atoms with Crippen LogP contribution in [0.3, 0.4) is 0 Å². The van der Waals surface area contributed by atoms with Crippen molar-refractivity contribution in [2.24, 2.45) is 0 Å². The minimum Gasteiger partial charge on any atom is -0.340 e. The van der Waals surface area contributed by atoms with Gasteiger partial charge in [-0.1, -0.05) is 6.92 Å². The van der Waals surface area contributed by atoms with Gasteiger partial charge in [0.1, 0.15) is 5.69 Å². The molecule has 1 aromatic heterocycles. The van der Waals surface area contributed by atoms with Crippen molar-refractivity contribution in [3.8, 4) is 0 Å². The molecule has 0 aliphatic carbocycles. The predicted molar refractivity (Wildman–Crippen MR) is 80.3 cm³/mol. The van der Waals surface area contributed by atoms with E-state index in [2.05, 4.69) is 36.7 Å². The fourth-order valence-corrected chi connectivity index (χ4v) is 3.66. The Hall–Kier alpha value is -0.420. The molecule has 1 atom stereocenters. The number of carbonyl (C=O) groups is 1. The summed E-state index contributed by atoms with van der Waals surface area (Å²) in [5.41, 5.74) is 0.788. The van der Waals surface area contributed by atoms with Crippen molar-refractivity contribution in [3.05, 3.63) is 22.4 Å². The molecule has 100 valence electrons. The molecule has 3 nitrogen and oxygen atoms in total. The molecular formula is C13H19BrN2OS. The Labute approximate surface area is 121 Å². The van der Waals surface area contributed by atoms with E-state index in [1.54, 1.807) is 0 Å². The Morgan fingerprint density at radius 1 is 1.56 bits per heavy atom. The molecule has 18 heavy (non-hydrogen) atoms. The summed E-state index contributed by atoms with van der Waals surface area (Å²) in [5.74, 6) is 1.19. The summed E-state index contributed by atoms with van der Waals surface area (Å²) < 4.78 is 3.01. The highest BCUT2D eigenvalue weighted by atomic mass is 79.9. The molecular weight excluding hydrogens is 312 g/mol. The highest BCUT2D eigenvalue weighted by Gasteiger charge is 2.25. The van der Waals surface area contributed by atoms with E-state index >= 15 is 0 Å². The van der Waals surface area contributed by atoms with E-state index in [9.17, 15) is 4.79 Å². The maximum Gasteiger partial charge on any atom is 0.270 e. The lowest BCUT2D eigenvalue weighted by atomic mass is 10.3. The largest absolute Gasteiger partial charge is 0.340 e. The normalized spacial score (nSPS) is 20.5. The van der Waals surface area contributed by atoms with E-state index < -0.39 is 0 Å². The number of thioether (sulfide) groups is 1. The zero-order chi connectivity index (χ0) is 13.3. The molecule has 0 saturated carbocycles. The summed E-state index contributed by atoms with van der Waals surface area (Å²) in [5, 5.41) is 0.536. The van der Waals surface area contributed by atoms with Crippen molar-refractivity contribution in [1.82, 2.24) is 9.47 Å². The summed E-state index contributed by atoms with van der Waals surface area (Å²) in [7, 11) is 0. The predicted octanol–water partition coefficient (Wildman–Crippen LogP) is 3.41. The van der Waals surface area contributed by atoms with Gasteiger partial charge in [-0.25, -0.2) is 0 Å². The van der Waals surface area contributed by atoms with Gasteiger partial charge in [-0.3, -0.25) is 4.79 Å². The van der Waals surface area contributed by atoms with Gasteiger partial charge in [0.15, 0.2) is 0 Å². The van der Waals surface area contributed by atoms with E-state index in [-0.39, 0.29) is 5.91 Å². The fraction of sp³-hybridized carbons (Fsp3) is 0.615. The monoisotopic (exact) mass is 330 g/mol. The van der Waals surface area contributed by atoms with Crippen molar-refractivity contribution in [2.75, 3.05) is 18.8 Å². The Kier molecular flexibility index (Phi) is 4.43. The molecule has 0 N–H and O–H groups in total. The summed E-state index contributed by atoms with van der Waals surface area (Å²) in [4.78, 5) is 14.5. The van der Waals surface area contributed by atoms with E-state index in [0.717, 1.165) is 29.0 Å². The Morgan fingerprint density at radius 2 is 2.28 bits per heavy atom. The van der Waals surface area contributed by atoms with Crippen LogP contribution in [-0.4, -0.2) is 39.5 Å². The second-order valence-electron chi connectivity index (χ2n) is 4.98. The number of nitrogens with zero attached hydrogens (tertiary/aromatic N) is 2. The van der Waals surface area contributed by atoms with E-state index in [4.69, 9.17) is 0 Å². The smallest absolute Gasteiger partial charge is 0.270 e. The number of hydrogen-bond donors (Lipinski definition) is 0. The van der Waals surface area contributed by atoms with Crippen LogP contribution in [0.1, 0.15) is 37.3 Å². The van der Waals surface area contributed by atoms with Gasteiger partial charge in [0.2, 0.25) is 0 Å². The maximum atomic E-state index is 12.6. The Morgan fingerprint density at radius 3 is 2.89 bits per heavy atom. The lowest BCUT2D eigenvalue weighted by molar-refractivity contribution is 0.0750. The number of amides is 1. The van der Waals surface area contributed by atoms with Crippen molar-refractivity contribution in [1.29, 1.82) is 0 Å². The van der Waals surface area contributed by atoms with Crippen molar-refractivity contribution in [3.63, 3.8) is 0 Å². The first kappa shape index (κ1) is 14.0. The standard InChI is InChI=1S/C13H19BrN2OS/c1-9(2)16-8-11(14)6-12(16)13(17)15-4-5-18-10(3)7-15/h6,8-10H,4-5,7H2,1-3H3. The third kappa shape index (κ3) is 2.94. The Balaban J connectivity index is 2.22. The topological polar surface area (TPSA) is 25.2 Å². The molecule has 1 aromatic rings. The average Bonchev–Trinajstić information content (AvgIpc) is 2.70. The molecule has 1 fully saturated rings. The minimum atomic E-state index is 0.154. The van der Waals surface area contributed by atoms with E-state index in [1.807, 2.05) is 33.5 Å². The lowest BCUT2D eigenvalue weighted by Crippen LogP contribution is -2.41. The first-order valence-corrected chi connectivity index (χ1v) is 8.11. The quantitative estimate of drug-likeness (QED) is 0.830. The van der Waals surface area contributed by atoms with E-state index in [0.29, 0.717) is 11.3 Å². The number of halogens is 1. The molecule has 0 radical (unpaired) electrons. The van der Waals surface area contributed by atoms with Crippen LogP contribution in [0.15, 0.2) is 16.7 Å². The van der Waals surface area contributed by atoms with Gasteiger partial charge < -0.3 is 9.47 Å². The summed E-state index contributed by atoms with van der Waals surface area (Å²) in [6.07, 6.45) is 1.99. The van der Waals surface area contributed by atoms with Gasteiger partial charge in [0.05, 0.1) is 0 Å². The van der Waals surface area contributed by atoms with Crippen LogP contribution in [0, 0.1) is 0 Å². The average molecular weight is 331 g/mol. The number of carbonyl (C=O) groups excluding carboxylic acids is 1. The highest BCUT2D eigenvalue weighted by molar-refractivity contribution is 9.10. The molecule has 0 bridgehead atoms. The third-order valence-electron chi connectivity index (χ3n) is 3.12. The molecule has 1 amide bonds. The number of rotatable bonds is 2. The van der Waals surface area contributed by atoms with Gasteiger partial charge in [-0.15, -0.1) is 0 Å². The number of hydrogen-bond acceptors (Lipinski definition) is 2. The van der Waals surface area contributed by atoms with Gasteiger partial charge in [0, 0.05) is 40.8 Å². The molecule has 1 aliphatic rings. The molecule has 0 spiro atoms. The summed E-state index contributed by atoms with van der Waals surface area (Å²) in [6.45, 7) is 8.08. The van der Waals surface area contributed by atoms with Crippen molar-refractivity contribution < 1.29 is 4.79 Å². The zero-order valence-electron chi connectivity index (χ0n) is 11.0. The van der Waals surface area contributed by atoms with Crippen molar-refractivity contribution in [2.45, 2.75) is 32.1 Å². The first-order chi connectivity index (χ1) is 8.49. The SMILES string of the molecule is CC1CN(C(=O)c2cc(Br)cn2C(C)C)CCS1. The van der Waals surface area contributed by atoms with E-state index in [1.165, 1.54) is 0 Å². The Bertz CT molecular complexity index is 444. The second-order valence-corrected chi connectivity index (χ2v) is 7.44. The van der Waals surface area contributed by atoms with Gasteiger partial charge in [-0.05, 0) is 35.8 Å².